The molecule has 4 rings (SSSR count). The first kappa shape index (κ1) is 22.9. The molecule has 3 aromatic rings. The van der Waals surface area contributed by atoms with Crippen molar-refractivity contribution in [2.24, 2.45) is 0 Å². The van der Waals surface area contributed by atoms with Gasteiger partial charge in [0.15, 0.2) is 0 Å². The number of rotatable bonds is 5. The van der Waals surface area contributed by atoms with Gasteiger partial charge in [-0.15, -0.1) is 0 Å². The molecule has 2 N–H and O–H groups in total. The third kappa shape index (κ3) is 4.91. The predicted molar refractivity (Wildman–Crippen MR) is 117 cm³/mol. The molecule has 33 heavy (non-hydrogen) atoms. The summed E-state index contributed by atoms with van der Waals surface area (Å²) in [6, 6.07) is 5.36. The average Bonchev–Trinajstić information content (AvgIpc) is 3.03. The first-order valence-corrected chi connectivity index (χ1v) is 11.9. The quantitative estimate of drug-likeness (QED) is 0.581. The van der Waals surface area contributed by atoms with Gasteiger partial charge >= 0.3 is 6.09 Å². The van der Waals surface area contributed by atoms with Crippen LogP contribution < -0.4 is 4.72 Å². The number of imidazole rings is 1. The van der Waals surface area contributed by atoms with Crippen molar-refractivity contribution in [1.29, 1.82) is 0 Å². The highest BCUT2D eigenvalue weighted by Gasteiger charge is 2.28. The molecule has 0 radical (unpaired) electrons. The van der Waals surface area contributed by atoms with Crippen molar-refractivity contribution in [2.45, 2.75) is 19.4 Å². The molecule has 1 aliphatic rings. The molecule has 1 aliphatic heterocycles. The van der Waals surface area contributed by atoms with E-state index in [0.29, 0.717) is 11.3 Å². The smallest absolute Gasteiger partial charge is 0.407 e. The van der Waals surface area contributed by atoms with Crippen molar-refractivity contribution in [2.75, 3.05) is 30.7 Å². The van der Waals surface area contributed by atoms with Crippen molar-refractivity contribution >= 4 is 27.5 Å². The number of aromatic nitrogens is 2. The molecule has 1 aromatic carbocycles. The minimum atomic E-state index is -3.73. The first-order chi connectivity index (χ1) is 15.5. The van der Waals surface area contributed by atoms with Crippen LogP contribution in [0.15, 0.2) is 30.5 Å². The van der Waals surface area contributed by atoms with Gasteiger partial charge in [-0.1, -0.05) is 0 Å². The van der Waals surface area contributed by atoms with E-state index in [2.05, 4.69) is 9.71 Å². The monoisotopic (exact) mass is 480 g/mol. The third-order valence-electron chi connectivity index (χ3n) is 5.29. The number of amides is 1. The summed E-state index contributed by atoms with van der Waals surface area (Å²) in [4.78, 5) is 17.0. The molecule has 3 heterocycles. The summed E-state index contributed by atoms with van der Waals surface area (Å²) in [5, 5.41) is 9.30. The molecule has 0 unspecified atom stereocenters. The van der Waals surface area contributed by atoms with Crippen molar-refractivity contribution in [3.8, 4) is 11.3 Å². The van der Waals surface area contributed by atoms with Crippen LogP contribution in [0.25, 0.3) is 16.9 Å². The van der Waals surface area contributed by atoms with Crippen LogP contribution in [-0.4, -0.2) is 66.0 Å². The zero-order valence-electron chi connectivity index (χ0n) is 17.9. The number of ether oxygens (including phenoxy) is 1. The van der Waals surface area contributed by atoms with Gasteiger partial charge in [0.1, 0.15) is 17.3 Å². The number of anilines is 1. The molecule has 0 spiro atoms. The van der Waals surface area contributed by atoms with Gasteiger partial charge in [0, 0.05) is 19.2 Å². The molecule has 12 heteroatoms. The Hall–Kier alpha value is -3.25. The number of aryl methyl sites for hydroxylation is 1. The van der Waals surface area contributed by atoms with Gasteiger partial charge in [-0.3, -0.25) is 4.72 Å². The highest BCUT2D eigenvalue weighted by Crippen LogP contribution is 2.33. The fourth-order valence-electron chi connectivity index (χ4n) is 3.90. The number of sulfonamides is 1. The van der Waals surface area contributed by atoms with Gasteiger partial charge in [0.25, 0.3) is 0 Å². The van der Waals surface area contributed by atoms with Gasteiger partial charge in [-0.2, -0.15) is 0 Å². The summed E-state index contributed by atoms with van der Waals surface area (Å²) < 4.78 is 62.5. The van der Waals surface area contributed by atoms with E-state index in [9.17, 15) is 18.3 Å². The molecule has 1 saturated heterocycles. The molecule has 0 saturated carbocycles. The SMILES string of the molecule is Cc1ccn2c(C[C@H]3CN(C(=O)O)CCO3)c(-c3c(F)cc(NS(C)(=O)=O)cc3F)nc2c1. The second-order valence-electron chi connectivity index (χ2n) is 7.95. The number of benzene rings is 1. The lowest BCUT2D eigenvalue weighted by atomic mass is 10.0. The highest BCUT2D eigenvalue weighted by atomic mass is 32.2. The standard InChI is InChI=1S/C21H22F2N4O5S/c1-12-3-4-27-17(10-14-11-26(21(28)29)5-6-32-14)20(24-18(27)7-12)19-15(22)8-13(9-16(19)23)25-33(2,30)31/h3-4,7-9,14,25H,5-6,10-11H2,1-2H3,(H,28,29)/t14-/m0/s1. The van der Waals surface area contributed by atoms with E-state index in [1.807, 2.05) is 13.0 Å². The van der Waals surface area contributed by atoms with Crippen LogP contribution >= 0.6 is 0 Å². The molecule has 1 atom stereocenters. The Balaban J connectivity index is 1.80. The summed E-state index contributed by atoms with van der Waals surface area (Å²) in [6.07, 6.45) is 1.16. The van der Waals surface area contributed by atoms with E-state index in [4.69, 9.17) is 4.74 Å². The number of carboxylic acid groups (broad SMARTS) is 1. The van der Waals surface area contributed by atoms with E-state index in [1.54, 1.807) is 16.7 Å². The Morgan fingerprint density at radius 2 is 2.00 bits per heavy atom. The Morgan fingerprint density at radius 1 is 1.30 bits per heavy atom. The van der Waals surface area contributed by atoms with Crippen molar-refractivity contribution in [3.05, 3.63) is 53.4 Å². The molecule has 9 nitrogen and oxygen atoms in total. The summed E-state index contributed by atoms with van der Waals surface area (Å²) in [7, 11) is -3.73. The van der Waals surface area contributed by atoms with Crippen LogP contribution in [-0.2, 0) is 21.2 Å². The van der Waals surface area contributed by atoms with Gasteiger partial charge in [-0.05, 0) is 36.8 Å². The minimum absolute atomic E-state index is 0.0394. The summed E-state index contributed by atoms with van der Waals surface area (Å²) >= 11 is 0. The number of fused-ring (bicyclic) bond motifs is 1. The normalized spacial score (nSPS) is 16.8. The van der Waals surface area contributed by atoms with E-state index in [1.165, 1.54) is 4.90 Å². The number of nitrogens with zero attached hydrogens (tertiary/aromatic N) is 3. The second-order valence-corrected chi connectivity index (χ2v) is 9.70. The number of halogens is 2. The number of hydrogen-bond acceptors (Lipinski definition) is 5. The predicted octanol–water partition coefficient (Wildman–Crippen LogP) is 2.88. The Labute approximate surface area is 188 Å². The van der Waals surface area contributed by atoms with Crippen LogP contribution in [0.1, 0.15) is 11.3 Å². The van der Waals surface area contributed by atoms with E-state index in [-0.39, 0.29) is 37.5 Å². The number of morpholine rings is 1. The second kappa shape index (κ2) is 8.60. The lowest BCUT2D eigenvalue weighted by Gasteiger charge is -2.31. The van der Waals surface area contributed by atoms with E-state index < -0.39 is 39.4 Å². The molecule has 1 amide bonds. The van der Waals surface area contributed by atoms with E-state index in [0.717, 1.165) is 24.0 Å². The van der Waals surface area contributed by atoms with Crippen molar-refractivity contribution in [3.63, 3.8) is 0 Å². The van der Waals surface area contributed by atoms with Crippen molar-refractivity contribution < 1.29 is 31.8 Å². The molecular formula is C21H22F2N4O5S. The summed E-state index contributed by atoms with van der Waals surface area (Å²) in [5.41, 5.74) is 1.19. The molecule has 0 aliphatic carbocycles. The van der Waals surface area contributed by atoms with Crippen LogP contribution in [0, 0.1) is 18.6 Å². The Kier molecular flexibility index (Phi) is 5.97. The van der Waals surface area contributed by atoms with Gasteiger partial charge in [0.05, 0.1) is 48.2 Å². The zero-order valence-corrected chi connectivity index (χ0v) is 18.7. The number of nitrogens with one attached hydrogen (secondary N) is 1. The fraction of sp³-hybridized carbons (Fsp3) is 0.333. The topological polar surface area (TPSA) is 113 Å². The van der Waals surface area contributed by atoms with Crippen LogP contribution in [0.4, 0.5) is 19.3 Å². The summed E-state index contributed by atoms with van der Waals surface area (Å²) in [5.74, 6) is -1.97. The van der Waals surface area contributed by atoms with E-state index >= 15 is 8.78 Å². The maximum absolute atomic E-state index is 15.1. The number of carbonyl (C=O) groups is 1. The lowest BCUT2D eigenvalue weighted by molar-refractivity contribution is -0.0214. The fourth-order valence-corrected chi connectivity index (χ4v) is 4.44. The molecular weight excluding hydrogens is 458 g/mol. The molecule has 1 fully saturated rings. The average molecular weight is 480 g/mol. The Morgan fingerprint density at radius 3 is 2.64 bits per heavy atom. The largest absolute Gasteiger partial charge is 0.465 e. The molecule has 2 aromatic heterocycles. The molecule has 0 bridgehead atoms. The number of pyridine rings is 1. The van der Waals surface area contributed by atoms with Gasteiger partial charge in [0.2, 0.25) is 10.0 Å². The molecule has 176 valence electrons. The lowest BCUT2D eigenvalue weighted by Crippen LogP contribution is -2.45. The zero-order chi connectivity index (χ0) is 23.9. The third-order valence-corrected chi connectivity index (χ3v) is 5.90. The van der Waals surface area contributed by atoms with Crippen LogP contribution in [0.5, 0.6) is 0 Å². The maximum Gasteiger partial charge on any atom is 0.407 e. The first-order valence-electron chi connectivity index (χ1n) is 10.1. The van der Waals surface area contributed by atoms with Crippen LogP contribution in [0.2, 0.25) is 0 Å². The Bertz CT molecular complexity index is 1320. The highest BCUT2D eigenvalue weighted by molar-refractivity contribution is 7.92. The summed E-state index contributed by atoms with van der Waals surface area (Å²) in [6.45, 7) is 2.41. The van der Waals surface area contributed by atoms with Crippen LogP contribution in [0.3, 0.4) is 0 Å². The van der Waals surface area contributed by atoms with Gasteiger partial charge < -0.3 is 19.1 Å². The minimum Gasteiger partial charge on any atom is -0.465 e. The maximum atomic E-state index is 15.1. The number of hydrogen-bond donors (Lipinski definition) is 2. The van der Waals surface area contributed by atoms with Crippen molar-refractivity contribution in [1.82, 2.24) is 14.3 Å². The van der Waals surface area contributed by atoms with Gasteiger partial charge in [-0.25, -0.2) is 27.0 Å².